The summed E-state index contributed by atoms with van der Waals surface area (Å²) < 4.78 is 12.9. The van der Waals surface area contributed by atoms with E-state index < -0.39 is 0 Å². The zero-order chi connectivity index (χ0) is 16.2. The van der Waals surface area contributed by atoms with Gasteiger partial charge in [-0.05, 0) is 43.3 Å². The van der Waals surface area contributed by atoms with Crippen molar-refractivity contribution in [1.82, 2.24) is 4.98 Å². The standard InChI is InChI=1S/C17H14FN3OS/c1-11-15(16(22)20-13-5-3-2-4-6-13)23-17(19-11)21-14-9-7-12(18)8-10-14/h2-10H,1H3,(H,19,21)(H,20,22). The summed E-state index contributed by atoms with van der Waals surface area (Å²) in [5.41, 5.74) is 2.10. The van der Waals surface area contributed by atoms with Crippen LogP contribution < -0.4 is 10.6 Å². The molecule has 1 heterocycles. The monoisotopic (exact) mass is 327 g/mol. The van der Waals surface area contributed by atoms with Gasteiger partial charge in [0.15, 0.2) is 5.13 Å². The van der Waals surface area contributed by atoms with Gasteiger partial charge in [0.1, 0.15) is 10.7 Å². The Morgan fingerprint density at radius 2 is 1.74 bits per heavy atom. The van der Waals surface area contributed by atoms with Crippen molar-refractivity contribution in [3.05, 3.63) is 71.0 Å². The number of aromatic nitrogens is 1. The largest absolute Gasteiger partial charge is 0.332 e. The molecule has 0 bridgehead atoms. The number of aryl methyl sites for hydroxylation is 1. The van der Waals surface area contributed by atoms with E-state index in [1.807, 2.05) is 30.3 Å². The fourth-order valence-electron chi connectivity index (χ4n) is 2.03. The molecule has 0 aliphatic rings. The van der Waals surface area contributed by atoms with Gasteiger partial charge in [-0.3, -0.25) is 4.79 Å². The maximum Gasteiger partial charge on any atom is 0.267 e. The Kier molecular flexibility index (Phi) is 4.34. The van der Waals surface area contributed by atoms with E-state index >= 15 is 0 Å². The Bertz CT molecular complexity index is 816. The quantitative estimate of drug-likeness (QED) is 0.737. The van der Waals surface area contributed by atoms with E-state index in [-0.39, 0.29) is 11.7 Å². The number of benzene rings is 2. The Morgan fingerprint density at radius 1 is 1.04 bits per heavy atom. The number of amides is 1. The zero-order valence-electron chi connectivity index (χ0n) is 12.3. The predicted octanol–water partition coefficient (Wildman–Crippen LogP) is 4.59. The normalized spacial score (nSPS) is 10.3. The maximum absolute atomic E-state index is 12.9. The molecule has 1 aromatic heterocycles. The Hall–Kier alpha value is -2.73. The van der Waals surface area contributed by atoms with E-state index in [0.29, 0.717) is 15.7 Å². The van der Waals surface area contributed by atoms with Crippen molar-refractivity contribution in [1.29, 1.82) is 0 Å². The summed E-state index contributed by atoms with van der Waals surface area (Å²) in [6, 6.07) is 15.2. The Labute approximate surface area is 137 Å². The van der Waals surface area contributed by atoms with Gasteiger partial charge in [0.2, 0.25) is 0 Å². The molecule has 0 spiro atoms. The van der Waals surface area contributed by atoms with Crippen molar-refractivity contribution in [3.8, 4) is 0 Å². The first-order valence-electron chi connectivity index (χ1n) is 6.98. The van der Waals surface area contributed by atoms with Crippen LogP contribution in [0.3, 0.4) is 0 Å². The fraction of sp³-hybridized carbons (Fsp3) is 0.0588. The first-order chi connectivity index (χ1) is 11.1. The number of rotatable bonds is 4. The van der Waals surface area contributed by atoms with Crippen molar-refractivity contribution in [2.75, 3.05) is 10.6 Å². The van der Waals surface area contributed by atoms with Crippen LogP contribution >= 0.6 is 11.3 Å². The summed E-state index contributed by atoms with van der Waals surface area (Å²) >= 11 is 1.26. The van der Waals surface area contributed by atoms with Gasteiger partial charge in [-0.2, -0.15) is 0 Å². The summed E-state index contributed by atoms with van der Waals surface area (Å²) in [6.07, 6.45) is 0. The van der Waals surface area contributed by atoms with Crippen LogP contribution in [0.25, 0.3) is 0 Å². The van der Waals surface area contributed by atoms with Crippen LogP contribution in [0.1, 0.15) is 15.4 Å². The van der Waals surface area contributed by atoms with Gasteiger partial charge in [-0.15, -0.1) is 0 Å². The highest BCUT2D eigenvalue weighted by Crippen LogP contribution is 2.26. The van der Waals surface area contributed by atoms with Crippen molar-refractivity contribution in [2.45, 2.75) is 6.92 Å². The molecule has 23 heavy (non-hydrogen) atoms. The summed E-state index contributed by atoms with van der Waals surface area (Å²) in [4.78, 5) is 17.2. The number of carbonyl (C=O) groups is 1. The SMILES string of the molecule is Cc1nc(Nc2ccc(F)cc2)sc1C(=O)Nc1ccccc1. The molecule has 0 fully saturated rings. The molecule has 0 saturated heterocycles. The number of hydrogen-bond acceptors (Lipinski definition) is 4. The van der Waals surface area contributed by atoms with E-state index in [1.54, 1.807) is 19.1 Å². The topological polar surface area (TPSA) is 54.0 Å². The first kappa shape index (κ1) is 15.2. The second-order valence-corrected chi connectivity index (χ2v) is 5.88. The molecule has 116 valence electrons. The minimum Gasteiger partial charge on any atom is -0.332 e. The summed E-state index contributed by atoms with van der Waals surface area (Å²) in [5.74, 6) is -0.493. The molecule has 1 amide bonds. The molecule has 0 radical (unpaired) electrons. The van der Waals surface area contributed by atoms with Crippen molar-refractivity contribution < 1.29 is 9.18 Å². The minimum atomic E-state index is -0.297. The predicted molar refractivity (Wildman–Crippen MR) is 90.9 cm³/mol. The average molecular weight is 327 g/mol. The lowest BCUT2D eigenvalue weighted by molar-refractivity contribution is 0.103. The second kappa shape index (κ2) is 6.58. The van der Waals surface area contributed by atoms with Crippen LogP contribution in [0.15, 0.2) is 54.6 Å². The molecule has 3 rings (SSSR count). The van der Waals surface area contributed by atoms with Crippen molar-refractivity contribution >= 4 is 33.8 Å². The summed E-state index contributed by atoms with van der Waals surface area (Å²) in [7, 11) is 0. The Morgan fingerprint density at radius 3 is 2.43 bits per heavy atom. The number of para-hydroxylation sites is 1. The highest BCUT2D eigenvalue weighted by Gasteiger charge is 2.15. The fourth-order valence-corrected chi connectivity index (χ4v) is 2.91. The lowest BCUT2D eigenvalue weighted by Crippen LogP contribution is -2.11. The van der Waals surface area contributed by atoms with E-state index in [1.165, 1.54) is 23.5 Å². The molecule has 0 saturated carbocycles. The molecular formula is C17H14FN3OS. The van der Waals surface area contributed by atoms with Crippen LogP contribution in [0.5, 0.6) is 0 Å². The molecule has 6 heteroatoms. The maximum atomic E-state index is 12.9. The molecule has 0 atom stereocenters. The lowest BCUT2D eigenvalue weighted by Gasteiger charge is -2.03. The van der Waals surface area contributed by atoms with Crippen LogP contribution in [-0.2, 0) is 0 Å². The number of nitrogens with one attached hydrogen (secondary N) is 2. The van der Waals surface area contributed by atoms with E-state index in [0.717, 1.165) is 11.4 Å². The number of anilines is 3. The first-order valence-corrected chi connectivity index (χ1v) is 7.80. The number of carbonyl (C=O) groups excluding carboxylic acids is 1. The highest BCUT2D eigenvalue weighted by molar-refractivity contribution is 7.17. The van der Waals surface area contributed by atoms with Gasteiger partial charge in [0.05, 0.1) is 5.69 Å². The Balaban J connectivity index is 1.75. The molecule has 3 aromatic rings. The summed E-state index contributed by atoms with van der Waals surface area (Å²) in [5, 5.41) is 6.50. The third kappa shape index (κ3) is 3.73. The van der Waals surface area contributed by atoms with Gasteiger partial charge in [0.25, 0.3) is 5.91 Å². The van der Waals surface area contributed by atoms with E-state index in [2.05, 4.69) is 15.6 Å². The van der Waals surface area contributed by atoms with Gasteiger partial charge >= 0.3 is 0 Å². The van der Waals surface area contributed by atoms with Gasteiger partial charge in [-0.1, -0.05) is 29.5 Å². The van der Waals surface area contributed by atoms with E-state index in [4.69, 9.17) is 0 Å². The number of halogens is 1. The smallest absolute Gasteiger partial charge is 0.267 e. The second-order valence-electron chi connectivity index (χ2n) is 4.89. The molecule has 2 aromatic carbocycles. The van der Waals surface area contributed by atoms with Crippen LogP contribution in [0, 0.1) is 12.7 Å². The third-order valence-electron chi connectivity index (χ3n) is 3.13. The van der Waals surface area contributed by atoms with Crippen molar-refractivity contribution in [2.24, 2.45) is 0 Å². The number of nitrogens with zero attached hydrogens (tertiary/aromatic N) is 1. The average Bonchev–Trinajstić information content (AvgIpc) is 2.91. The van der Waals surface area contributed by atoms with Crippen molar-refractivity contribution in [3.63, 3.8) is 0 Å². The van der Waals surface area contributed by atoms with Gasteiger partial charge in [-0.25, -0.2) is 9.37 Å². The number of thiazole rings is 1. The minimum absolute atomic E-state index is 0.196. The van der Waals surface area contributed by atoms with Gasteiger partial charge < -0.3 is 10.6 Å². The molecule has 4 nitrogen and oxygen atoms in total. The van der Waals surface area contributed by atoms with Crippen LogP contribution in [-0.4, -0.2) is 10.9 Å². The summed E-state index contributed by atoms with van der Waals surface area (Å²) in [6.45, 7) is 1.78. The van der Waals surface area contributed by atoms with Crippen LogP contribution in [0.2, 0.25) is 0 Å². The molecule has 0 aliphatic carbocycles. The zero-order valence-corrected chi connectivity index (χ0v) is 13.2. The van der Waals surface area contributed by atoms with Gasteiger partial charge in [0, 0.05) is 11.4 Å². The molecule has 0 aliphatic heterocycles. The van der Waals surface area contributed by atoms with E-state index in [9.17, 15) is 9.18 Å². The third-order valence-corrected chi connectivity index (χ3v) is 4.20. The molecule has 2 N–H and O–H groups in total. The number of hydrogen-bond donors (Lipinski definition) is 2. The lowest BCUT2D eigenvalue weighted by atomic mass is 10.3. The van der Waals surface area contributed by atoms with Crippen LogP contribution in [0.4, 0.5) is 20.9 Å². The highest BCUT2D eigenvalue weighted by atomic mass is 32.1. The molecular weight excluding hydrogens is 313 g/mol. The molecule has 0 unspecified atom stereocenters.